The monoisotopic (exact) mass is 256 g/mol. The van der Waals surface area contributed by atoms with Crippen LogP contribution in [0.3, 0.4) is 0 Å². The minimum absolute atomic E-state index is 0.0186. The third kappa shape index (κ3) is 3.19. The topological polar surface area (TPSA) is 18.5 Å². The van der Waals surface area contributed by atoms with Gasteiger partial charge in [0.05, 0.1) is 6.10 Å². The quantitative estimate of drug-likeness (QED) is 0.824. The van der Waals surface area contributed by atoms with E-state index in [-0.39, 0.29) is 17.4 Å². The average molecular weight is 256 g/mol. The van der Waals surface area contributed by atoms with Gasteiger partial charge in [-0.1, -0.05) is 6.92 Å². The molecule has 0 amide bonds. The van der Waals surface area contributed by atoms with Crippen molar-refractivity contribution in [1.82, 2.24) is 0 Å². The van der Waals surface area contributed by atoms with E-state index in [0.717, 1.165) is 19.4 Å². The molecule has 18 heavy (non-hydrogen) atoms. The van der Waals surface area contributed by atoms with Crippen molar-refractivity contribution in [2.75, 3.05) is 13.2 Å². The first-order valence-electron chi connectivity index (χ1n) is 6.26. The predicted molar refractivity (Wildman–Crippen MR) is 64.7 cm³/mol. The number of benzene rings is 1. The molecular formula is C14H18F2O2. The van der Waals surface area contributed by atoms with Crippen molar-refractivity contribution in [3.63, 3.8) is 0 Å². The lowest BCUT2D eigenvalue weighted by Gasteiger charge is -2.26. The van der Waals surface area contributed by atoms with Crippen LogP contribution in [0.4, 0.5) is 8.78 Å². The van der Waals surface area contributed by atoms with Gasteiger partial charge < -0.3 is 9.47 Å². The molecule has 1 aromatic rings. The maximum absolute atomic E-state index is 13.3. The summed E-state index contributed by atoms with van der Waals surface area (Å²) >= 11 is 0. The summed E-state index contributed by atoms with van der Waals surface area (Å²) in [5.74, 6) is -0.361. The SMILES string of the molecule is Cc1c(F)cc(OCC2CCC(C)CO2)cc1F. The first kappa shape index (κ1) is 13.3. The summed E-state index contributed by atoms with van der Waals surface area (Å²) in [4.78, 5) is 0. The summed E-state index contributed by atoms with van der Waals surface area (Å²) < 4.78 is 37.6. The maximum atomic E-state index is 13.3. The Labute approximate surface area is 106 Å². The lowest BCUT2D eigenvalue weighted by atomic mass is 10.0. The third-order valence-electron chi connectivity index (χ3n) is 3.29. The van der Waals surface area contributed by atoms with Crippen LogP contribution in [-0.2, 0) is 4.74 Å². The minimum atomic E-state index is -0.580. The first-order chi connectivity index (χ1) is 8.56. The number of halogens is 2. The highest BCUT2D eigenvalue weighted by atomic mass is 19.1. The molecule has 0 spiro atoms. The Balaban J connectivity index is 1.90. The van der Waals surface area contributed by atoms with Crippen LogP contribution in [0.1, 0.15) is 25.3 Å². The van der Waals surface area contributed by atoms with Gasteiger partial charge in [-0.05, 0) is 25.7 Å². The molecule has 0 radical (unpaired) electrons. The van der Waals surface area contributed by atoms with E-state index in [2.05, 4.69) is 6.92 Å². The van der Waals surface area contributed by atoms with E-state index in [9.17, 15) is 8.78 Å². The molecule has 2 rings (SSSR count). The lowest BCUT2D eigenvalue weighted by Crippen LogP contribution is -2.29. The van der Waals surface area contributed by atoms with E-state index in [1.165, 1.54) is 19.1 Å². The molecule has 1 aromatic carbocycles. The van der Waals surface area contributed by atoms with Gasteiger partial charge in [0.15, 0.2) is 0 Å². The molecule has 0 aliphatic carbocycles. The van der Waals surface area contributed by atoms with E-state index in [0.29, 0.717) is 12.5 Å². The zero-order valence-corrected chi connectivity index (χ0v) is 10.7. The smallest absolute Gasteiger partial charge is 0.132 e. The van der Waals surface area contributed by atoms with Gasteiger partial charge in [0.25, 0.3) is 0 Å². The van der Waals surface area contributed by atoms with Crippen LogP contribution >= 0.6 is 0 Å². The molecule has 2 unspecified atom stereocenters. The van der Waals surface area contributed by atoms with E-state index in [1.807, 2.05) is 0 Å². The van der Waals surface area contributed by atoms with Gasteiger partial charge in [0.1, 0.15) is 24.0 Å². The van der Waals surface area contributed by atoms with E-state index >= 15 is 0 Å². The molecule has 1 aliphatic rings. The molecule has 2 nitrogen and oxygen atoms in total. The number of hydrogen-bond acceptors (Lipinski definition) is 2. The molecule has 1 heterocycles. The second kappa shape index (κ2) is 5.65. The molecule has 1 saturated heterocycles. The average Bonchev–Trinajstić information content (AvgIpc) is 2.35. The predicted octanol–water partition coefficient (Wildman–Crippen LogP) is 3.47. The van der Waals surface area contributed by atoms with Crippen molar-refractivity contribution in [3.8, 4) is 5.75 Å². The van der Waals surface area contributed by atoms with Crippen molar-refractivity contribution in [1.29, 1.82) is 0 Å². The van der Waals surface area contributed by atoms with Gasteiger partial charge in [0.2, 0.25) is 0 Å². The van der Waals surface area contributed by atoms with Gasteiger partial charge in [0, 0.05) is 24.3 Å². The Morgan fingerprint density at radius 3 is 2.50 bits per heavy atom. The maximum Gasteiger partial charge on any atom is 0.132 e. The van der Waals surface area contributed by atoms with Crippen molar-refractivity contribution in [2.24, 2.45) is 5.92 Å². The second-order valence-corrected chi connectivity index (χ2v) is 4.96. The van der Waals surface area contributed by atoms with Crippen molar-refractivity contribution < 1.29 is 18.3 Å². The van der Waals surface area contributed by atoms with Crippen LogP contribution in [-0.4, -0.2) is 19.3 Å². The molecule has 1 fully saturated rings. The van der Waals surface area contributed by atoms with Crippen LogP contribution in [0.25, 0.3) is 0 Å². The van der Waals surface area contributed by atoms with Gasteiger partial charge in [-0.3, -0.25) is 0 Å². The number of hydrogen-bond donors (Lipinski definition) is 0. The Morgan fingerprint density at radius 2 is 1.94 bits per heavy atom. The van der Waals surface area contributed by atoms with Crippen molar-refractivity contribution >= 4 is 0 Å². The first-order valence-corrected chi connectivity index (χ1v) is 6.26. The normalized spacial score (nSPS) is 24.0. The van der Waals surface area contributed by atoms with E-state index in [4.69, 9.17) is 9.47 Å². The minimum Gasteiger partial charge on any atom is -0.491 e. The van der Waals surface area contributed by atoms with Crippen LogP contribution in [0.2, 0.25) is 0 Å². The molecule has 0 N–H and O–H groups in total. The Hall–Kier alpha value is -1.16. The molecule has 100 valence electrons. The Kier molecular flexibility index (Phi) is 4.17. The standard InChI is InChI=1S/C14H18F2O2/c1-9-3-4-11(17-7-9)8-18-12-5-13(15)10(2)14(16)6-12/h5-6,9,11H,3-4,7-8H2,1-2H3. The number of ether oxygens (including phenoxy) is 2. The highest BCUT2D eigenvalue weighted by molar-refractivity contribution is 5.29. The van der Waals surface area contributed by atoms with E-state index in [1.54, 1.807) is 0 Å². The zero-order chi connectivity index (χ0) is 13.1. The molecule has 0 saturated carbocycles. The summed E-state index contributed by atoms with van der Waals surface area (Å²) in [5.41, 5.74) is 0.0186. The fourth-order valence-electron chi connectivity index (χ4n) is 1.96. The highest BCUT2D eigenvalue weighted by Crippen LogP contribution is 2.22. The van der Waals surface area contributed by atoms with Crippen molar-refractivity contribution in [3.05, 3.63) is 29.3 Å². The lowest BCUT2D eigenvalue weighted by molar-refractivity contribution is -0.0334. The summed E-state index contributed by atoms with van der Waals surface area (Å²) in [6.45, 7) is 4.61. The molecule has 4 heteroatoms. The zero-order valence-electron chi connectivity index (χ0n) is 10.7. The summed E-state index contributed by atoms with van der Waals surface area (Å²) in [5, 5.41) is 0. The van der Waals surface area contributed by atoms with Gasteiger partial charge in [-0.2, -0.15) is 0 Å². The summed E-state index contributed by atoms with van der Waals surface area (Å²) in [6, 6.07) is 2.42. The van der Waals surface area contributed by atoms with Gasteiger partial charge >= 0.3 is 0 Å². The Bertz CT molecular complexity index is 389. The fourth-order valence-corrected chi connectivity index (χ4v) is 1.96. The van der Waals surface area contributed by atoms with Gasteiger partial charge in [-0.15, -0.1) is 0 Å². The largest absolute Gasteiger partial charge is 0.491 e. The Morgan fingerprint density at radius 1 is 1.28 bits per heavy atom. The fraction of sp³-hybridized carbons (Fsp3) is 0.571. The second-order valence-electron chi connectivity index (χ2n) is 4.96. The highest BCUT2D eigenvalue weighted by Gasteiger charge is 2.19. The van der Waals surface area contributed by atoms with Crippen LogP contribution in [0.5, 0.6) is 5.75 Å². The summed E-state index contributed by atoms with van der Waals surface area (Å²) in [7, 11) is 0. The van der Waals surface area contributed by atoms with Crippen molar-refractivity contribution in [2.45, 2.75) is 32.8 Å². The number of rotatable bonds is 3. The third-order valence-corrected chi connectivity index (χ3v) is 3.29. The van der Waals surface area contributed by atoms with Gasteiger partial charge in [-0.25, -0.2) is 8.78 Å². The molecule has 0 aromatic heterocycles. The molecule has 0 bridgehead atoms. The van der Waals surface area contributed by atoms with Crippen LogP contribution in [0, 0.1) is 24.5 Å². The molecule has 2 atom stereocenters. The van der Waals surface area contributed by atoms with Crippen LogP contribution < -0.4 is 4.74 Å². The summed E-state index contributed by atoms with van der Waals surface area (Å²) in [6.07, 6.45) is 2.05. The molecule has 1 aliphatic heterocycles. The van der Waals surface area contributed by atoms with E-state index < -0.39 is 11.6 Å². The van der Waals surface area contributed by atoms with Crippen LogP contribution in [0.15, 0.2) is 12.1 Å². The molecular weight excluding hydrogens is 238 g/mol.